The predicted molar refractivity (Wildman–Crippen MR) is 322 cm³/mol. The number of aliphatic carboxylic acids is 1. The van der Waals surface area contributed by atoms with Crippen LogP contribution in [0.5, 0.6) is 0 Å². The topological polar surface area (TPSA) is 175 Å². The van der Waals surface area contributed by atoms with Crippen LogP contribution in [0.3, 0.4) is 0 Å². The van der Waals surface area contributed by atoms with E-state index in [4.69, 9.17) is 23.7 Å². The molecule has 0 saturated carbocycles. The van der Waals surface area contributed by atoms with Crippen LogP contribution in [0.2, 0.25) is 0 Å². The van der Waals surface area contributed by atoms with Gasteiger partial charge in [-0.2, -0.15) is 0 Å². The van der Waals surface area contributed by atoms with Crippen LogP contribution in [0.4, 0.5) is 0 Å². The first kappa shape index (κ1) is 74.0. The van der Waals surface area contributed by atoms with E-state index in [0.717, 1.165) is 116 Å². The van der Waals surface area contributed by atoms with Crippen LogP contribution < -0.4 is 0 Å². The molecule has 0 aliphatic carbocycles. The van der Waals surface area contributed by atoms with E-state index in [-0.39, 0.29) is 25.9 Å². The van der Waals surface area contributed by atoms with Crippen molar-refractivity contribution in [3.05, 3.63) is 36.5 Å². The number of carbonyl (C=O) groups excluding carboxylic acids is 3. The third-order valence-electron chi connectivity index (χ3n) is 15.2. The lowest BCUT2D eigenvalue weighted by atomic mass is 9.98. The minimum Gasteiger partial charge on any atom is -0.479 e. The van der Waals surface area contributed by atoms with Crippen LogP contribution in [-0.2, 0) is 42.9 Å². The summed E-state index contributed by atoms with van der Waals surface area (Å²) in [6.45, 7) is 6.01. The Labute approximate surface area is 482 Å². The minimum absolute atomic E-state index is 0.0538. The monoisotopic (exact) mass is 1120 g/mol. The number of carboxylic acids is 1. The van der Waals surface area contributed by atoms with Crippen LogP contribution in [0.25, 0.3) is 0 Å². The smallest absolute Gasteiger partial charge is 0.335 e. The molecule has 1 saturated heterocycles. The van der Waals surface area contributed by atoms with Gasteiger partial charge >= 0.3 is 23.9 Å². The number of allylic oxidation sites excluding steroid dienone is 6. The summed E-state index contributed by atoms with van der Waals surface area (Å²) in [6, 6.07) is 0. The van der Waals surface area contributed by atoms with Crippen molar-refractivity contribution < 1.29 is 58.2 Å². The second-order valence-corrected chi connectivity index (χ2v) is 22.8. The first-order chi connectivity index (χ1) is 38.6. The molecule has 12 nitrogen and oxygen atoms in total. The molecule has 79 heavy (non-hydrogen) atoms. The standard InChI is InChI=1S/C67H120O12/c1-4-7-10-13-16-19-22-25-28-30-33-35-38-41-44-47-50-53-59(68)75-56-58(77-60(69)54-51-48-45-42-39-36-32-27-24-21-18-15-12-9-6-3)57-76-67-65(63(72)62(71)64(79-67)66(73)74)78-61(70)55-52-49-46-43-40-37-34-31-29-26-23-20-17-14-11-8-5-2/h17,20,26-27,29,32,58,62-65,67,71-72H,4-16,18-19,21-25,28,30-31,33-57H2,1-3H3,(H,73,74)/b20-17-,29-26-,32-27-. The SMILES string of the molecule is CCCCC/C=C\C/C=C\CCCCCCCCCC(=O)OC1C(OCC(COC(=O)CCCCCCCCCCCCCCCCCCC)OC(=O)CCCCCCC/C=C\CCCCCCCC)OC(C(=O)O)C(O)C1O. The summed E-state index contributed by atoms with van der Waals surface area (Å²) in [7, 11) is 0. The first-order valence-electron chi connectivity index (χ1n) is 33.0. The lowest BCUT2D eigenvalue weighted by molar-refractivity contribution is -0.301. The number of hydrogen-bond acceptors (Lipinski definition) is 11. The highest BCUT2D eigenvalue weighted by molar-refractivity contribution is 5.74. The molecule has 0 amide bonds. The average Bonchev–Trinajstić information content (AvgIpc) is 3.43. The van der Waals surface area contributed by atoms with Gasteiger partial charge in [0.25, 0.3) is 0 Å². The second kappa shape index (κ2) is 55.5. The third kappa shape index (κ3) is 45.2. The highest BCUT2D eigenvalue weighted by Crippen LogP contribution is 2.27. The molecular weight excluding hydrogens is 997 g/mol. The minimum atomic E-state index is -1.90. The number of carboxylic acid groups (broad SMARTS) is 1. The number of aliphatic hydroxyl groups is 2. The molecule has 0 aromatic rings. The molecule has 0 bridgehead atoms. The van der Waals surface area contributed by atoms with Crippen molar-refractivity contribution in [2.75, 3.05) is 13.2 Å². The molecule has 12 heteroatoms. The Bertz CT molecular complexity index is 1510. The summed E-state index contributed by atoms with van der Waals surface area (Å²) in [5, 5.41) is 31.6. The molecule has 6 unspecified atom stereocenters. The Morgan fingerprint density at radius 1 is 0.418 bits per heavy atom. The molecule has 3 N–H and O–H groups in total. The van der Waals surface area contributed by atoms with Crippen LogP contribution in [0.1, 0.15) is 316 Å². The summed E-state index contributed by atoms with van der Waals surface area (Å²) in [6.07, 6.45) is 53.8. The van der Waals surface area contributed by atoms with Crippen molar-refractivity contribution in [3.63, 3.8) is 0 Å². The Hall–Kier alpha value is -3.06. The van der Waals surface area contributed by atoms with Gasteiger partial charge < -0.3 is 39.0 Å². The maximum Gasteiger partial charge on any atom is 0.335 e. The number of unbranched alkanes of at least 4 members (excludes halogenated alkanes) is 37. The van der Waals surface area contributed by atoms with Crippen molar-refractivity contribution in [1.29, 1.82) is 0 Å². The lowest BCUT2D eigenvalue weighted by Gasteiger charge is -2.40. The molecule has 1 rings (SSSR count). The van der Waals surface area contributed by atoms with Crippen molar-refractivity contribution in [2.45, 2.75) is 353 Å². The van der Waals surface area contributed by atoms with Gasteiger partial charge in [0, 0.05) is 19.3 Å². The molecule has 0 aromatic heterocycles. The van der Waals surface area contributed by atoms with E-state index in [0.29, 0.717) is 19.3 Å². The zero-order chi connectivity index (χ0) is 57.5. The van der Waals surface area contributed by atoms with Crippen molar-refractivity contribution in [2.24, 2.45) is 0 Å². The lowest BCUT2D eigenvalue weighted by Crippen LogP contribution is -2.61. The summed E-state index contributed by atoms with van der Waals surface area (Å²) in [5.41, 5.74) is 0. The van der Waals surface area contributed by atoms with E-state index in [1.54, 1.807) is 0 Å². The fraction of sp³-hybridized carbons (Fsp3) is 0.851. The molecule has 0 radical (unpaired) electrons. The zero-order valence-corrected chi connectivity index (χ0v) is 50.9. The van der Waals surface area contributed by atoms with Crippen molar-refractivity contribution in [1.82, 2.24) is 0 Å². The molecule has 1 fully saturated rings. The molecule has 0 spiro atoms. The zero-order valence-electron chi connectivity index (χ0n) is 50.9. The van der Waals surface area contributed by atoms with Gasteiger partial charge in [-0.1, -0.05) is 256 Å². The molecule has 0 aromatic carbocycles. The number of rotatable bonds is 57. The van der Waals surface area contributed by atoms with E-state index < -0.39 is 67.3 Å². The Morgan fingerprint density at radius 3 is 1.18 bits per heavy atom. The van der Waals surface area contributed by atoms with Crippen molar-refractivity contribution in [3.8, 4) is 0 Å². The molecule has 6 atom stereocenters. The Morgan fingerprint density at radius 2 is 0.759 bits per heavy atom. The van der Waals surface area contributed by atoms with Crippen LogP contribution in [-0.4, -0.2) is 89.2 Å². The van der Waals surface area contributed by atoms with E-state index in [1.807, 2.05) is 0 Å². The number of aliphatic hydroxyl groups excluding tert-OH is 2. The van der Waals surface area contributed by atoms with Gasteiger partial charge in [0.05, 0.1) is 6.61 Å². The van der Waals surface area contributed by atoms with Crippen LogP contribution in [0, 0.1) is 0 Å². The van der Waals surface area contributed by atoms with Gasteiger partial charge in [0.15, 0.2) is 24.6 Å². The molecule has 1 aliphatic rings. The van der Waals surface area contributed by atoms with Gasteiger partial charge in [0.2, 0.25) is 0 Å². The average molecular weight is 1120 g/mol. The number of carbonyl (C=O) groups is 4. The van der Waals surface area contributed by atoms with Crippen molar-refractivity contribution >= 4 is 23.9 Å². The van der Waals surface area contributed by atoms with Gasteiger partial charge in [-0.25, -0.2) is 4.79 Å². The van der Waals surface area contributed by atoms with Gasteiger partial charge in [-0.05, 0) is 77.0 Å². The molecular formula is C67H120O12. The summed E-state index contributed by atoms with van der Waals surface area (Å²) >= 11 is 0. The normalized spacial score (nSPS) is 18.0. The fourth-order valence-corrected chi connectivity index (χ4v) is 10.1. The molecule has 1 aliphatic heterocycles. The highest BCUT2D eigenvalue weighted by atomic mass is 16.7. The second-order valence-electron chi connectivity index (χ2n) is 22.8. The van der Waals surface area contributed by atoms with Gasteiger partial charge in [0.1, 0.15) is 18.8 Å². The van der Waals surface area contributed by atoms with Gasteiger partial charge in [-0.3, -0.25) is 14.4 Å². The number of esters is 3. The highest BCUT2D eigenvalue weighted by Gasteiger charge is 2.50. The Balaban J connectivity index is 2.65. The molecule has 1 heterocycles. The van der Waals surface area contributed by atoms with Gasteiger partial charge in [-0.15, -0.1) is 0 Å². The third-order valence-corrected chi connectivity index (χ3v) is 15.2. The predicted octanol–water partition coefficient (Wildman–Crippen LogP) is 17.6. The molecule has 460 valence electrons. The van der Waals surface area contributed by atoms with E-state index in [1.165, 1.54) is 141 Å². The fourth-order valence-electron chi connectivity index (χ4n) is 10.1. The van der Waals surface area contributed by atoms with E-state index in [2.05, 4.69) is 57.2 Å². The van der Waals surface area contributed by atoms with E-state index in [9.17, 15) is 34.5 Å². The first-order valence-corrected chi connectivity index (χ1v) is 33.0. The maximum absolute atomic E-state index is 13.2. The largest absolute Gasteiger partial charge is 0.479 e. The summed E-state index contributed by atoms with van der Waals surface area (Å²) < 4.78 is 28.5. The summed E-state index contributed by atoms with van der Waals surface area (Å²) in [4.78, 5) is 51.3. The number of hydrogen-bond donors (Lipinski definition) is 3. The Kier molecular flexibility index (Phi) is 51.9. The van der Waals surface area contributed by atoms with E-state index >= 15 is 0 Å². The quantitative estimate of drug-likeness (QED) is 0.0228. The maximum atomic E-state index is 13.2. The van der Waals surface area contributed by atoms with Crippen LogP contribution in [0.15, 0.2) is 36.5 Å². The summed E-state index contributed by atoms with van der Waals surface area (Å²) in [5.74, 6) is -3.11. The van der Waals surface area contributed by atoms with Crippen LogP contribution >= 0.6 is 0 Å². The number of ether oxygens (including phenoxy) is 5.